The van der Waals surface area contributed by atoms with E-state index < -0.39 is 11.6 Å². The van der Waals surface area contributed by atoms with E-state index in [4.69, 9.17) is 0 Å². The fourth-order valence-electron chi connectivity index (χ4n) is 0.541. The zero-order valence-electron chi connectivity index (χ0n) is 6.88. The lowest BCUT2D eigenvalue weighted by atomic mass is 10.1. The molecule has 0 aromatic rings. The van der Waals surface area contributed by atoms with Gasteiger partial charge >= 0.3 is 0 Å². The smallest absolute Gasteiger partial charge is 0.245 e. The predicted molar refractivity (Wildman–Crippen MR) is 40.4 cm³/mol. The highest BCUT2D eigenvalue weighted by molar-refractivity contribution is 6.64. The van der Waals surface area contributed by atoms with Crippen molar-refractivity contribution in [1.29, 1.82) is 0 Å². The Bertz CT molecular complexity index is 196. The van der Waals surface area contributed by atoms with E-state index in [1.165, 1.54) is 14.0 Å². The number of Topliss-reactive ketones (excluding diaryl/α,β-unsaturated/α-hetero) is 2. The molecule has 0 radical (unpaired) electrons. The van der Waals surface area contributed by atoms with Gasteiger partial charge in [0.15, 0.2) is 0 Å². The van der Waals surface area contributed by atoms with Crippen LogP contribution >= 0.6 is 0 Å². The second-order valence-electron chi connectivity index (χ2n) is 1.97. The number of ketones is 2. The summed E-state index contributed by atoms with van der Waals surface area (Å²) in [5.74, 6) is -1.02. The van der Waals surface area contributed by atoms with Crippen molar-refractivity contribution in [3.8, 4) is 0 Å². The Morgan fingerprint density at radius 2 is 2.00 bits per heavy atom. The summed E-state index contributed by atoms with van der Waals surface area (Å²) < 4.78 is 0. The van der Waals surface area contributed by atoms with Gasteiger partial charge in [-0.2, -0.15) is 0 Å². The minimum absolute atomic E-state index is 0.0966. The highest BCUT2D eigenvalue weighted by Gasteiger charge is 2.14. The molecule has 0 saturated carbocycles. The van der Waals surface area contributed by atoms with Crippen molar-refractivity contribution >= 4 is 17.3 Å². The first-order valence-corrected chi connectivity index (χ1v) is 3.28. The molecular weight excluding hydrogens is 146 g/mol. The Balaban J connectivity index is 4.25. The molecule has 0 bridgehead atoms. The number of hydrogen-bond acceptors (Lipinski definition) is 4. The first-order valence-electron chi connectivity index (χ1n) is 3.28. The molecule has 62 valence electrons. The summed E-state index contributed by atoms with van der Waals surface area (Å²) >= 11 is 0. The Morgan fingerprint density at radius 1 is 1.45 bits per heavy atom. The summed E-state index contributed by atoms with van der Waals surface area (Å²) in [4.78, 5) is 26.0. The average Bonchev–Trinajstić information content (AvgIpc) is 2.02. The molecule has 11 heavy (non-hydrogen) atoms. The molecule has 0 fully saturated rings. The summed E-state index contributed by atoms with van der Waals surface area (Å²) in [7, 11) is 1.33. The van der Waals surface area contributed by atoms with Crippen LogP contribution in [0.1, 0.15) is 20.3 Å². The average molecular weight is 157 g/mol. The van der Waals surface area contributed by atoms with Crippen LogP contribution in [0.2, 0.25) is 0 Å². The predicted octanol–water partition coefficient (Wildman–Crippen LogP) is 0.557. The molecule has 0 unspecified atom stereocenters. The van der Waals surface area contributed by atoms with Gasteiger partial charge in [-0.25, -0.2) is 0 Å². The fourth-order valence-corrected chi connectivity index (χ4v) is 0.541. The van der Waals surface area contributed by atoms with E-state index in [0.717, 1.165) is 0 Å². The molecule has 0 amide bonds. The van der Waals surface area contributed by atoms with Gasteiger partial charge < -0.3 is 4.84 Å². The summed E-state index contributed by atoms with van der Waals surface area (Å²) in [5.41, 5.74) is 0.0966. The molecule has 0 aromatic heterocycles. The van der Waals surface area contributed by atoms with Gasteiger partial charge in [0.2, 0.25) is 11.6 Å². The van der Waals surface area contributed by atoms with Crippen molar-refractivity contribution in [1.82, 2.24) is 0 Å². The molecule has 0 spiro atoms. The van der Waals surface area contributed by atoms with Crippen LogP contribution in [0.3, 0.4) is 0 Å². The number of carbonyl (C=O) groups is 2. The zero-order valence-corrected chi connectivity index (χ0v) is 6.88. The van der Waals surface area contributed by atoms with Gasteiger partial charge in [0.05, 0.1) is 0 Å². The van der Waals surface area contributed by atoms with Crippen LogP contribution in [0.25, 0.3) is 0 Å². The largest absolute Gasteiger partial charge is 0.399 e. The molecule has 0 aliphatic rings. The quantitative estimate of drug-likeness (QED) is 0.340. The maximum Gasteiger partial charge on any atom is 0.245 e. The van der Waals surface area contributed by atoms with Crippen molar-refractivity contribution in [3.05, 3.63) is 0 Å². The van der Waals surface area contributed by atoms with Crippen LogP contribution < -0.4 is 0 Å². The summed E-state index contributed by atoms with van der Waals surface area (Å²) in [5, 5.41) is 3.34. The van der Waals surface area contributed by atoms with Crippen LogP contribution in [0.4, 0.5) is 0 Å². The van der Waals surface area contributed by atoms with E-state index in [1.54, 1.807) is 6.92 Å². The number of rotatable bonds is 4. The van der Waals surface area contributed by atoms with Gasteiger partial charge in [-0.1, -0.05) is 12.1 Å². The monoisotopic (exact) mass is 157 g/mol. The standard InChI is InChI=1S/C7H11NO3/c1-4-6(9)7(10)5(2)8-11-3/h4H2,1-3H3/b8-5+. The lowest BCUT2D eigenvalue weighted by Gasteiger charge is -1.94. The third-order valence-corrected chi connectivity index (χ3v) is 1.13. The van der Waals surface area contributed by atoms with E-state index in [0.29, 0.717) is 0 Å². The topological polar surface area (TPSA) is 55.7 Å². The molecule has 0 rings (SSSR count). The highest BCUT2D eigenvalue weighted by Crippen LogP contribution is 1.88. The van der Waals surface area contributed by atoms with Gasteiger partial charge in [-0.15, -0.1) is 0 Å². The number of carbonyl (C=O) groups excluding carboxylic acids is 2. The Labute approximate surface area is 65.2 Å². The third kappa shape index (κ3) is 2.93. The van der Waals surface area contributed by atoms with E-state index in [1.807, 2.05) is 0 Å². The Hall–Kier alpha value is -1.19. The van der Waals surface area contributed by atoms with E-state index >= 15 is 0 Å². The molecule has 0 heterocycles. The molecule has 0 aliphatic carbocycles. The summed E-state index contributed by atoms with van der Waals surface area (Å²) in [6.45, 7) is 3.07. The lowest BCUT2D eigenvalue weighted by Crippen LogP contribution is -2.20. The SMILES string of the molecule is CCC(=O)C(=O)/C(C)=N/OC. The zero-order chi connectivity index (χ0) is 8.85. The maximum atomic E-state index is 10.9. The lowest BCUT2D eigenvalue weighted by molar-refractivity contribution is -0.132. The van der Waals surface area contributed by atoms with E-state index in [2.05, 4.69) is 9.99 Å². The van der Waals surface area contributed by atoms with Crippen LogP contribution in [0, 0.1) is 0 Å². The van der Waals surface area contributed by atoms with Crippen molar-refractivity contribution < 1.29 is 14.4 Å². The normalized spacial score (nSPS) is 11.0. The minimum atomic E-state index is -0.575. The highest BCUT2D eigenvalue weighted by atomic mass is 16.6. The summed E-state index contributed by atoms with van der Waals surface area (Å²) in [6.07, 6.45) is 0.204. The van der Waals surface area contributed by atoms with Gasteiger partial charge in [-0.05, 0) is 6.92 Å². The van der Waals surface area contributed by atoms with Crippen LogP contribution in [-0.4, -0.2) is 24.4 Å². The first-order chi connectivity index (χ1) is 5.13. The molecule has 4 nitrogen and oxygen atoms in total. The van der Waals surface area contributed by atoms with Crippen molar-refractivity contribution in [2.24, 2.45) is 5.16 Å². The maximum absolute atomic E-state index is 10.9. The second-order valence-corrected chi connectivity index (χ2v) is 1.97. The van der Waals surface area contributed by atoms with E-state index in [-0.39, 0.29) is 12.1 Å². The Morgan fingerprint density at radius 3 is 2.36 bits per heavy atom. The molecule has 0 aromatic carbocycles. The molecular formula is C7H11NO3. The van der Waals surface area contributed by atoms with Crippen molar-refractivity contribution in [2.75, 3.05) is 7.11 Å². The van der Waals surface area contributed by atoms with Crippen LogP contribution in [0.5, 0.6) is 0 Å². The molecule has 0 atom stereocenters. The first kappa shape index (κ1) is 9.81. The fraction of sp³-hybridized carbons (Fsp3) is 0.571. The molecule has 0 aliphatic heterocycles. The van der Waals surface area contributed by atoms with Gasteiger partial charge in [0.1, 0.15) is 12.8 Å². The Kier molecular flexibility index (Phi) is 4.10. The number of nitrogens with zero attached hydrogens (tertiary/aromatic N) is 1. The third-order valence-electron chi connectivity index (χ3n) is 1.13. The van der Waals surface area contributed by atoms with E-state index in [9.17, 15) is 9.59 Å². The molecule has 0 saturated heterocycles. The van der Waals surface area contributed by atoms with Crippen molar-refractivity contribution in [2.45, 2.75) is 20.3 Å². The van der Waals surface area contributed by atoms with Gasteiger partial charge in [-0.3, -0.25) is 9.59 Å². The van der Waals surface area contributed by atoms with Crippen LogP contribution in [-0.2, 0) is 14.4 Å². The second kappa shape index (κ2) is 4.60. The molecule has 4 heteroatoms. The van der Waals surface area contributed by atoms with Crippen molar-refractivity contribution in [3.63, 3.8) is 0 Å². The molecule has 0 N–H and O–H groups in total. The van der Waals surface area contributed by atoms with Gasteiger partial charge in [0, 0.05) is 6.42 Å². The van der Waals surface area contributed by atoms with Gasteiger partial charge in [0.25, 0.3) is 0 Å². The number of hydrogen-bond donors (Lipinski definition) is 0. The summed E-state index contributed by atoms with van der Waals surface area (Å²) in [6, 6.07) is 0. The van der Waals surface area contributed by atoms with Crippen LogP contribution in [0.15, 0.2) is 5.16 Å². The minimum Gasteiger partial charge on any atom is -0.399 e. The number of oxime groups is 1.